The van der Waals surface area contributed by atoms with E-state index in [0.717, 1.165) is 12.1 Å². The zero-order chi connectivity index (χ0) is 17.1. The van der Waals surface area contributed by atoms with Gasteiger partial charge in [-0.05, 0) is 22.8 Å². The minimum Gasteiger partial charge on any atom is -0.392 e. The zero-order valence-electron chi connectivity index (χ0n) is 12.0. The first-order valence-electron chi connectivity index (χ1n) is 6.75. The van der Waals surface area contributed by atoms with E-state index in [9.17, 15) is 21.6 Å². The van der Waals surface area contributed by atoms with Crippen molar-refractivity contribution in [1.82, 2.24) is 0 Å². The number of rotatable bonds is 5. The highest BCUT2D eigenvalue weighted by atomic mass is 32.2. The molecule has 0 heterocycles. The molecule has 0 atom stereocenters. The zero-order valence-corrected chi connectivity index (χ0v) is 12.9. The van der Waals surface area contributed by atoms with Crippen molar-refractivity contribution in [2.24, 2.45) is 0 Å². The molecule has 0 aliphatic heterocycles. The van der Waals surface area contributed by atoms with Gasteiger partial charge in [0.25, 0.3) is 0 Å². The Morgan fingerprint density at radius 3 is 2.00 bits per heavy atom. The summed E-state index contributed by atoms with van der Waals surface area (Å²) in [5.41, 5.74) is 0.419. The van der Waals surface area contributed by atoms with Crippen LogP contribution in [0.2, 0.25) is 0 Å². The van der Waals surface area contributed by atoms with Crippen molar-refractivity contribution in [3.05, 3.63) is 70.8 Å². The summed E-state index contributed by atoms with van der Waals surface area (Å²) in [5.74, 6) is -0.729. The average Bonchev–Trinajstić information content (AvgIpc) is 2.46. The third kappa shape index (κ3) is 5.07. The van der Waals surface area contributed by atoms with Crippen LogP contribution in [0, 0.1) is 0 Å². The number of aliphatic hydroxyl groups is 1. The van der Waals surface area contributed by atoms with Crippen LogP contribution in [0.1, 0.15) is 22.3 Å². The second kappa shape index (κ2) is 6.72. The molecule has 0 aliphatic rings. The third-order valence-electron chi connectivity index (χ3n) is 3.23. The second-order valence-electron chi connectivity index (χ2n) is 5.20. The smallest absolute Gasteiger partial charge is 0.392 e. The summed E-state index contributed by atoms with van der Waals surface area (Å²) in [6, 6.07) is 10.7. The lowest BCUT2D eigenvalue weighted by Crippen LogP contribution is -2.10. The van der Waals surface area contributed by atoms with E-state index >= 15 is 0 Å². The van der Waals surface area contributed by atoms with Gasteiger partial charge in [-0.3, -0.25) is 0 Å². The molecule has 124 valence electrons. The Balaban J connectivity index is 2.14. The first kappa shape index (κ1) is 17.5. The standard InChI is InChI=1S/C16H15F3O3S/c17-16(18,19)15-3-1-2-14(8-15)11-23(21,22)10-13-6-4-12(9-20)5-7-13/h1-8,20H,9-11H2. The summed E-state index contributed by atoms with van der Waals surface area (Å²) >= 11 is 0. The molecule has 0 aliphatic carbocycles. The van der Waals surface area contributed by atoms with Crippen molar-refractivity contribution in [2.45, 2.75) is 24.3 Å². The topological polar surface area (TPSA) is 54.4 Å². The van der Waals surface area contributed by atoms with E-state index in [4.69, 9.17) is 5.11 Å². The number of sulfone groups is 1. The van der Waals surface area contributed by atoms with Crippen molar-refractivity contribution in [1.29, 1.82) is 0 Å². The summed E-state index contributed by atoms with van der Waals surface area (Å²) in [5, 5.41) is 8.94. The Hall–Kier alpha value is -1.86. The first-order valence-corrected chi connectivity index (χ1v) is 8.57. The third-order valence-corrected chi connectivity index (χ3v) is 4.78. The Labute approximate surface area is 132 Å². The maximum atomic E-state index is 12.6. The Kier molecular flexibility index (Phi) is 5.11. The van der Waals surface area contributed by atoms with Crippen LogP contribution in [0.4, 0.5) is 13.2 Å². The molecule has 0 radical (unpaired) electrons. The fraction of sp³-hybridized carbons (Fsp3) is 0.250. The van der Waals surface area contributed by atoms with Crippen molar-refractivity contribution < 1.29 is 26.7 Å². The number of aliphatic hydroxyl groups excluding tert-OH is 1. The van der Waals surface area contributed by atoms with Gasteiger partial charge in [0.15, 0.2) is 9.84 Å². The number of halogens is 3. The Morgan fingerprint density at radius 1 is 0.870 bits per heavy atom. The van der Waals surface area contributed by atoms with Gasteiger partial charge in [0.2, 0.25) is 0 Å². The number of hydrogen-bond acceptors (Lipinski definition) is 3. The van der Waals surface area contributed by atoms with Gasteiger partial charge in [0, 0.05) is 0 Å². The maximum absolute atomic E-state index is 12.6. The summed E-state index contributed by atoms with van der Waals surface area (Å²) in [7, 11) is -3.60. The normalized spacial score (nSPS) is 12.3. The molecule has 1 N–H and O–H groups in total. The number of hydrogen-bond donors (Lipinski definition) is 1. The highest BCUT2D eigenvalue weighted by Crippen LogP contribution is 2.30. The summed E-state index contributed by atoms with van der Waals surface area (Å²) in [6.45, 7) is -0.142. The highest BCUT2D eigenvalue weighted by molar-refractivity contribution is 7.89. The molecule has 23 heavy (non-hydrogen) atoms. The van der Waals surface area contributed by atoms with E-state index in [-0.39, 0.29) is 17.9 Å². The van der Waals surface area contributed by atoms with Gasteiger partial charge in [0.05, 0.1) is 23.7 Å². The first-order chi connectivity index (χ1) is 10.7. The van der Waals surface area contributed by atoms with E-state index in [1.54, 1.807) is 24.3 Å². The minimum absolute atomic E-state index is 0.104. The van der Waals surface area contributed by atoms with E-state index in [2.05, 4.69) is 0 Å². The van der Waals surface area contributed by atoms with Crippen LogP contribution in [-0.4, -0.2) is 13.5 Å². The second-order valence-corrected chi connectivity index (χ2v) is 7.27. The van der Waals surface area contributed by atoms with Gasteiger partial charge in [0.1, 0.15) is 0 Å². The highest BCUT2D eigenvalue weighted by Gasteiger charge is 2.30. The summed E-state index contributed by atoms with van der Waals surface area (Å²) in [4.78, 5) is 0. The quantitative estimate of drug-likeness (QED) is 0.905. The van der Waals surface area contributed by atoms with Crippen molar-refractivity contribution in [2.75, 3.05) is 0 Å². The van der Waals surface area contributed by atoms with E-state index < -0.39 is 27.3 Å². The number of alkyl halides is 3. The van der Waals surface area contributed by atoms with Crippen LogP contribution >= 0.6 is 0 Å². The van der Waals surface area contributed by atoms with Crippen LogP contribution < -0.4 is 0 Å². The van der Waals surface area contributed by atoms with Gasteiger partial charge >= 0.3 is 6.18 Å². The monoisotopic (exact) mass is 344 g/mol. The van der Waals surface area contributed by atoms with E-state index in [1.807, 2.05) is 0 Å². The molecule has 0 unspecified atom stereocenters. The fourth-order valence-electron chi connectivity index (χ4n) is 2.14. The molecular formula is C16H15F3O3S. The van der Waals surface area contributed by atoms with Crippen molar-refractivity contribution in [3.8, 4) is 0 Å². The van der Waals surface area contributed by atoms with Crippen LogP contribution in [0.25, 0.3) is 0 Å². The molecule has 0 amide bonds. The van der Waals surface area contributed by atoms with Crippen LogP contribution in [0.5, 0.6) is 0 Å². The van der Waals surface area contributed by atoms with Gasteiger partial charge in [-0.25, -0.2) is 8.42 Å². The van der Waals surface area contributed by atoms with Crippen LogP contribution in [0.3, 0.4) is 0 Å². The van der Waals surface area contributed by atoms with E-state index in [1.165, 1.54) is 12.1 Å². The molecule has 0 saturated carbocycles. The van der Waals surface area contributed by atoms with Crippen LogP contribution in [-0.2, 0) is 34.1 Å². The maximum Gasteiger partial charge on any atom is 0.416 e. The SMILES string of the molecule is O=S(=O)(Cc1ccc(CO)cc1)Cc1cccc(C(F)(F)F)c1. The Morgan fingerprint density at radius 2 is 1.43 bits per heavy atom. The molecule has 0 spiro atoms. The van der Waals surface area contributed by atoms with Gasteiger partial charge in [-0.2, -0.15) is 13.2 Å². The molecule has 2 aromatic carbocycles. The number of benzene rings is 2. The largest absolute Gasteiger partial charge is 0.416 e. The predicted molar refractivity (Wildman–Crippen MR) is 80.1 cm³/mol. The molecule has 3 nitrogen and oxygen atoms in total. The molecule has 0 fully saturated rings. The van der Waals surface area contributed by atoms with Gasteiger partial charge in [-0.15, -0.1) is 0 Å². The molecule has 0 bridgehead atoms. The fourth-order valence-corrected chi connectivity index (χ4v) is 3.63. The summed E-state index contributed by atoms with van der Waals surface area (Å²) < 4.78 is 62.3. The minimum atomic E-state index is -4.50. The molecule has 2 rings (SSSR count). The molecule has 0 aromatic heterocycles. The van der Waals surface area contributed by atoms with Gasteiger partial charge < -0.3 is 5.11 Å². The van der Waals surface area contributed by atoms with Crippen LogP contribution in [0.15, 0.2) is 48.5 Å². The van der Waals surface area contributed by atoms with Crippen molar-refractivity contribution in [3.63, 3.8) is 0 Å². The average molecular weight is 344 g/mol. The van der Waals surface area contributed by atoms with Crippen molar-refractivity contribution >= 4 is 9.84 Å². The Bertz CT molecular complexity index is 766. The van der Waals surface area contributed by atoms with E-state index in [0.29, 0.717) is 11.1 Å². The molecule has 0 saturated heterocycles. The lowest BCUT2D eigenvalue weighted by Gasteiger charge is -2.09. The molecule has 7 heteroatoms. The summed E-state index contributed by atoms with van der Waals surface area (Å²) in [6.07, 6.45) is -4.50. The predicted octanol–water partition coefficient (Wildman–Crippen LogP) is 3.31. The lowest BCUT2D eigenvalue weighted by atomic mass is 10.1. The molecule has 2 aromatic rings. The molecular weight excluding hydrogens is 329 g/mol. The lowest BCUT2D eigenvalue weighted by molar-refractivity contribution is -0.137. The van der Waals surface area contributed by atoms with Gasteiger partial charge in [-0.1, -0.05) is 42.5 Å².